The second kappa shape index (κ2) is 10.6. The van der Waals surface area contributed by atoms with Crippen molar-refractivity contribution in [2.24, 2.45) is 0 Å². The van der Waals surface area contributed by atoms with Crippen molar-refractivity contribution in [3.63, 3.8) is 0 Å². The summed E-state index contributed by atoms with van der Waals surface area (Å²) in [6, 6.07) is 21.9. The van der Waals surface area contributed by atoms with E-state index in [2.05, 4.69) is 0 Å². The van der Waals surface area contributed by atoms with Crippen molar-refractivity contribution >= 4 is 51.6 Å². The second-order valence-electron chi connectivity index (χ2n) is 8.75. The van der Waals surface area contributed by atoms with Gasteiger partial charge in [-0.25, -0.2) is 0 Å². The van der Waals surface area contributed by atoms with Crippen molar-refractivity contribution in [2.45, 2.75) is 45.2 Å². The molecule has 0 N–H and O–H groups in total. The highest BCUT2D eigenvalue weighted by Gasteiger charge is 2.38. The molecule has 0 unspecified atom stereocenters. The van der Waals surface area contributed by atoms with Crippen molar-refractivity contribution in [3.8, 4) is 0 Å². The van der Waals surface area contributed by atoms with Crippen LogP contribution in [0.5, 0.6) is 0 Å². The molecule has 0 fully saturated rings. The third kappa shape index (κ3) is 5.42. The van der Waals surface area contributed by atoms with E-state index in [9.17, 15) is 14.4 Å². The van der Waals surface area contributed by atoms with Crippen molar-refractivity contribution in [1.82, 2.24) is 0 Å². The molecule has 0 aliphatic carbocycles. The summed E-state index contributed by atoms with van der Waals surface area (Å²) >= 11 is 11.5. The van der Waals surface area contributed by atoms with E-state index in [4.69, 9.17) is 23.2 Å². The maximum absolute atomic E-state index is 13.6. The third-order valence-electron chi connectivity index (χ3n) is 6.35. The zero-order chi connectivity index (χ0) is 25.1. The van der Waals surface area contributed by atoms with Gasteiger partial charge in [-0.15, -0.1) is 0 Å². The minimum atomic E-state index is -0.378. The van der Waals surface area contributed by atoms with E-state index in [0.717, 1.165) is 22.5 Å². The predicted molar refractivity (Wildman–Crippen MR) is 140 cm³/mol. The number of anilines is 2. The first-order valence-electron chi connectivity index (χ1n) is 11.5. The molecule has 0 aromatic heterocycles. The van der Waals surface area contributed by atoms with Gasteiger partial charge in [-0.3, -0.25) is 14.4 Å². The van der Waals surface area contributed by atoms with Crippen LogP contribution < -0.4 is 9.80 Å². The number of carbonyl (C=O) groups excluding carboxylic acids is 3. The van der Waals surface area contributed by atoms with Crippen molar-refractivity contribution in [2.75, 3.05) is 9.80 Å². The van der Waals surface area contributed by atoms with E-state index in [1.807, 2.05) is 60.4 Å². The Balaban J connectivity index is 1.67. The molecule has 2 atom stereocenters. The maximum Gasteiger partial charge on any atom is 0.258 e. The Bertz CT molecular complexity index is 1240. The average molecular weight is 509 g/mol. The first-order valence-corrected chi connectivity index (χ1v) is 12.3. The normalized spacial score (nSPS) is 17.0. The van der Waals surface area contributed by atoms with E-state index in [0.29, 0.717) is 23.4 Å². The topological polar surface area (TPSA) is 57.7 Å². The summed E-state index contributed by atoms with van der Waals surface area (Å²) in [5.74, 6) is -0.186. The van der Waals surface area contributed by atoms with Crippen LogP contribution in [0.2, 0.25) is 5.02 Å². The van der Waals surface area contributed by atoms with Crippen molar-refractivity contribution in [1.29, 1.82) is 0 Å². The van der Waals surface area contributed by atoms with Crippen LogP contribution in [-0.2, 0) is 16.0 Å². The zero-order valence-corrected chi connectivity index (χ0v) is 21.1. The number of benzene rings is 3. The summed E-state index contributed by atoms with van der Waals surface area (Å²) in [4.78, 5) is 41.1. The lowest BCUT2D eigenvalue weighted by Gasteiger charge is -2.43. The van der Waals surface area contributed by atoms with E-state index >= 15 is 0 Å². The minimum absolute atomic E-state index is 0.0786. The van der Waals surface area contributed by atoms with E-state index in [1.165, 1.54) is 0 Å². The lowest BCUT2D eigenvalue weighted by Crippen LogP contribution is -2.47. The molecule has 180 valence electrons. The fourth-order valence-electron chi connectivity index (χ4n) is 4.71. The highest BCUT2D eigenvalue weighted by molar-refractivity contribution is 6.63. The Hall–Kier alpha value is -3.15. The molecule has 4 rings (SSSR count). The van der Waals surface area contributed by atoms with E-state index in [-0.39, 0.29) is 35.6 Å². The first-order chi connectivity index (χ1) is 16.8. The molecule has 0 bridgehead atoms. The number of carbonyl (C=O) groups is 3. The number of rotatable bonds is 6. The van der Waals surface area contributed by atoms with Crippen LogP contribution >= 0.6 is 23.2 Å². The van der Waals surface area contributed by atoms with Crippen LogP contribution in [0.1, 0.15) is 54.2 Å². The summed E-state index contributed by atoms with van der Waals surface area (Å²) in [5, 5.41) is 0.225. The van der Waals surface area contributed by atoms with Crippen LogP contribution in [-0.4, -0.2) is 23.1 Å². The van der Waals surface area contributed by atoms with Gasteiger partial charge in [0.2, 0.25) is 11.1 Å². The van der Waals surface area contributed by atoms with Crippen LogP contribution in [0.3, 0.4) is 0 Å². The molecule has 0 saturated heterocycles. The Morgan fingerprint density at radius 1 is 0.971 bits per heavy atom. The molecule has 5 nitrogen and oxygen atoms in total. The highest BCUT2D eigenvalue weighted by atomic mass is 35.5. The van der Waals surface area contributed by atoms with Crippen LogP contribution in [0.25, 0.3) is 0 Å². The lowest BCUT2D eigenvalue weighted by atomic mass is 9.89. The minimum Gasteiger partial charge on any atom is -0.305 e. The second-order valence-corrected chi connectivity index (χ2v) is 9.61. The Labute approximate surface area is 215 Å². The number of fused-ring (bicyclic) bond motifs is 1. The fourth-order valence-corrected chi connectivity index (χ4v) is 4.93. The van der Waals surface area contributed by atoms with Crippen molar-refractivity contribution < 1.29 is 14.4 Å². The molecular weight excluding hydrogens is 483 g/mol. The summed E-state index contributed by atoms with van der Waals surface area (Å²) < 4.78 is 0. The monoisotopic (exact) mass is 508 g/mol. The van der Waals surface area contributed by atoms with Gasteiger partial charge in [0.15, 0.2) is 0 Å². The summed E-state index contributed by atoms with van der Waals surface area (Å²) in [6.07, 6.45) is 1.38. The highest BCUT2D eigenvalue weighted by Crippen LogP contribution is 2.42. The summed E-state index contributed by atoms with van der Waals surface area (Å²) in [5.41, 5.74) is 3.98. The van der Waals surface area contributed by atoms with Gasteiger partial charge >= 0.3 is 0 Å². The van der Waals surface area contributed by atoms with Gasteiger partial charge < -0.3 is 9.80 Å². The molecule has 0 spiro atoms. The molecular formula is C28H26Cl2N2O3. The molecule has 35 heavy (non-hydrogen) atoms. The Morgan fingerprint density at radius 2 is 1.63 bits per heavy atom. The number of amides is 2. The van der Waals surface area contributed by atoms with Gasteiger partial charge in [0.25, 0.3) is 5.91 Å². The summed E-state index contributed by atoms with van der Waals surface area (Å²) in [6.45, 7) is 3.56. The first kappa shape index (κ1) is 25.0. The number of halogens is 2. The molecule has 0 saturated carbocycles. The molecule has 2 amide bonds. The number of hydrogen-bond donors (Lipinski definition) is 0. The van der Waals surface area contributed by atoms with Gasteiger partial charge in [-0.1, -0.05) is 41.9 Å². The number of aryl methyl sites for hydroxylation is 1. The fraction of sp³-hybridized carbons (Fsp3) is 0.250. The average Bonchev–Trinajstić information content (AvgIpc) is 2.84. The number of hydrogen-bond acceptors (Lipinski definition) is 3. The molecule has 1 aliphatic heterocycles. The lowest BCUT2D eigenvalue weighted by molar-refractivity contribution is -0.117. The number of nitrogens with zero attached hydrogens (tertiary/aromatic N) is 2. The zero-order valence-electron chi connectivity index (χ0n) is 19.6. The molecule has 3 aromatic carbocycles. The van der Waals surface area contributed by atoms with Gasteiger partial charge in [0, 0.05) is 41.3 Å². The largest absolute Gasteiger partial charge is 0.305 e. The van der Waals surface area contributed by atoms with Crippen molar-refractivity contribution in [3.05, 3.63) is 94.5 Å². The molecule has 1 aliphatic rings. The van der Waals surface area contributed by atoms with Crippen LogP contribution in [0, 0.1) is 0 Å². The smallest absolute Gasteiger partial charge is 0.258 e. The van der Waals surface area contributed by atoms with Crippen LogP contribution in [0.4, 0.5) is 11.4 Å². The Morgan fingerprint density at radius 3 is 2.26 bits per heavy atom. The molecule has 0 radical (unpaired) electrons. The van der Waals surface area contributed by atoms with Gasteiger partial charge in [0.1, 0.15) is 0 Å². The molecule has 3 aromatic rings. The maximum atomic E-state index is 13.6. The predicted octanol–water partition coefficient (Wildman–Crippen LogP) is 6.57. The van der Waals surface area contributed by atoms with Gasteiger partial charge in [-0.2, -0.15) is 0 Å². The third-order valence-corrected chi connectivity index (χ3v) is 6.79. The van der Waals surface area contributed by atoms with E-state index < -0.39 is 0 Å². The van der Waals surface area contributed by atoms with Crippen LogP contribution in [0.15, 0.2) is 72.8 Å². The molecule has 7 heteroatoms. The van der Waals surface area contributed by atoms with Gasteiger partial charge in [0.05, 0.1) is 6.04 Å². The standard InChI is InChI=1S/C28H26Cl2N2O3/c1-18-17-26(32(19(2)33)23-14-12-22(29)13-15-23)24-5-3-4-6-25(24)31(18)28(35)21-10-7-20(8-11-21)9-16-27(30)34/h3-8,10-15,18,26H,9,16-17H2,1-2H3/t18-,26+/m0/s1. The summed E-state index contributed by atoms with van der Waals surface area (Å²) in [7, 11) is 0. The van der Waals surface area contributed by atoms with E-state index in [1.54, 1.807) is 36.1 Å². The Kier molecular flexibility index (Phi) is 7.58. The number of para-hydroxylation sites is 1. The van der Waals surface area contributed by atoms with Gasteiger partial charge in [-0.05, 0) is 85.0 Å². The molecule has 1 heterocycles. The quantitative estimate of drug-likeness (QED) is 0.353. The SMILES string of the molecule is CC(=O)N(c1ccc(Cl)cc1)[C@@H]1C[C@H](C)N(C(=O)c2ccc(CCC(=O)Cl)cc2)c2ccccc21.